The van der Waals surface area contributed by atoms with Crippen molar-refractivity contribution in [3.63, 3.8) is 0 Å². The van der Waals surface area contributed by atoms with Gasteiger partial charge in [-0.2, -0.15) is 9.60 Å². The van der Waals surface area contributed by atoms with E-state index in [1.54, 1.807) is 36.4 Å². The molecule has 2 aromatic carbocycles. The van der Waals surface area contributed by atoms with Gasteiger partial charge in [-0.1, -0.05) is 0 Å². The predicted molar refractivity (Wildman–Crippen MR) is 118 cm³/mol. The molecule has 0 aliphatic carbocycles. The lowest BCUT2D eigenvalue weighted by atomic mass is 10.1. The van der Waals surface area contributed by atoms with Crippen molar-refractivity contribution in [1.29, 1.82) is 5.26 Å². The van der Waals surface area contributed by atoms with Gasteiger partial charge in [-0.15, -0.1) is 0 Å². The average Bonchev–Trinajstić information content (AvgIpc) is 3.19. The number of anilines is 1. The molecule has 9 heteroatoms. The highest BCUT2D eigenvalue weighted by molar-refractivity contribution is 7.94. The van der Waals surface area contributed by atoms with Gasteiger partial charge in [-0.05, 0) is 61.5 Å². The van der Waals surface area contributed by atoms with Gasteiger partial charge in [-0.25, -0.2) is 9.87 Å². The van der Waals surface area contributed by atoms with Gasteiger partial charge in [0.2, 0.25) is 0 Å². The molecule has 0 unspecified atom stereocenters. The number of nitrogens with one attached hydrogen (secondary N) is 1. The topological polar surface area (TPSA) is 107 Å². The smallest absolute Gasteiger partial charge is 0.257 e. The Hall–Kier alpha value is -3.84. The van der Waals surface area contributed by atoms with Crippen LogP contribution in [0.4, 0.5) is 5.82 Å². The fourth-order valence-corrected chi connectivity index (χ4v) is 3.33. The van der Waals surface area contributed by atoms with Crippen LogP contribution in [0.5, 0.6) is 11.5 Å². The molecular formula is C23H17N3O5S. The summed E-state index contributed by atoms with van der Waals surface area (Å²) in [4.78, 5) is 22.3. The molecule has 160 valence electrons. The molecule has 0 aliphatic rings. The van der Waals surface area contributed by atoms with Crippen molar-refractivity contribution in [2.75, 3.05) is 12.4 Å². The van der Waals surface area contributed by atoms with Gasteiger partial charge in [0, 0.05) is 16.7 Å². The van der Waals surface area contributed by atoms with Crippen molar-refractivity contribution < 1.29 is 23.2 Å². The number of aromatic nitrogens is 1. The Morgan fingerprint density at radius 3 is 2.66 bits per heavy atom. The summed E-state index contributed by atoms with van der Waals surface area (Å²) in [6, 6.07) is 17.5. The first-order valence-electron chi connectivity index (χ1n) is 9.42. The van der Waals surface area contributed by atoms with Crippen molar-refractivity contribution in [2.45, 2.75) is 11.8 Å². The number of pyridine rings is 1. The molecule has 0 saturated heterocycles. The summed E-state index contributed by atoms with van der Waals surface area (Å²) in [6.45, 7) is 1.83. The van der Waals surface area contributed by atoms with Crippen LogP contribution in [0.2, 0.25) is 0 Å². The van der Waals surface area contributed by atoms with E-state index in [0.717, 1.165) is 22.3 Å². The van der Waals surface area contributed by atoms with Gasteiger partial charge in [0.15, 0.2) is 0 Å². The lowest BCUT2D eigenvalue weighted by molar-refractivity contribution is -0.160. The summed E-state index contributed by atoms with van der Waals surface area (Å²) in [5.41, 5.74) is 1.27. The maximum atomic E-state index is 12.8. The van der Waals surface area contributed by atoms with E-state index in [1.165, 1.54) is 13.3 Å². The number of rotatable bonds is 7. The van der Waals surface area contributed by atoms with Crippen LogP contribution in [0.25, 0.3) is 11.0 Å². The lowest BCUT2D eigenvalue weighted by Gasteiger charge is -2.10. The molecule has 0 aliphatic heterocycles. The SMILES string of the molecule is COOSc1ccc(Oc2cc(C(=O)Nc3ccc(C#N)cn3)cc3oc(C)cc23)cc1. The second-order valence-corrected chi connectivity index (χ2v) is 7.41. The minimum atomic E-state index is -0.383. The van der Waals surface area contributed by atoms with Crippen LogP contribution in [0.1, 0.15) is 21.7 Å². The maximum Gasteiger partial charge on any atom is 0.257 e. The first-order chi connectivity index (χ1) is 15.6. The van der Waals surface area contributed by atoms with E-state index in [0.29, 0.717) is 39.8 Å². The van der Waals surface area contributed by atoms with Crippen LogP contribution in [-0.2, 0) is 9.22 Å². The van der Waals surface area contributed by atoms with Gasteiger partial charge in [0.1, 0.15) is 34.7 Å². The fraction of sp³-hybridized carbons (Fsp3) is 0.0870. The van der Waals surface area contributed by atoms with Crippen molar-refractivity contribution in [1.82, 2.24) is 4.98 Å². The minimum Gasteiger partial charge on any atom is -0.461 e. The Morgan fingerprint density at radius 2 is 1.97 bits per heavy atom. The normalized spacial score (nSPS) is 10.7. The van der Waals surface area contributed by atoms with E-state index < -0.39 is 0 Å². The summed E-state index contributed by atoms with van der Waals surface area (Å²) in [6.07, 6.45) is 1.39. The Labute approximate surface area is 187 Å². The van der Waals surface area contributed by atoms with Gasteiger partial charge < -0.3 is 14.5 Å². The van der Waals surface area contributed by atoms with E-state index in [-0.39, 0.29) is 5.91 Å². The van der Waals surface area contributed by atoms with Gasteiger partial charge in [0.05, 0.1) is 30.1 Å². The lowest BCUT2D eigenvalue weighted by Crippen LogP contribution is -2.13. The number of ether oxygens (including phenoxy) is 1. The Morgan fingerprint density at radius 1 is 1.16 bits per heavy atom. The molecular weight excluding hydrogens is 430 g/mol. The average molecular weight is 447 g/mol. The zero-order valence-electron chi connectivity index (χ0n) is 17.1. The Balaban J connectivity index is 1.60. The third kappa shape index (κ3) is 4.90. The van der Waals surface area contributed by atoms with E-state index in [2.05, 4.69) is 15.2 Å². The van der Waals surface area contributed by atoms with Gasteiger partial charge in [-0.3, -0.25) is 4.79 Å². The number of hydrogen-bond acceptors (Lipinski definition) is 8. The monoisotopic (exact) mass is 447 g/mol. The van der Waals surface area contributed by atoms with E-state index in [4.69, 9.17) is 18.7 Å². The van der Waals surface area contributed by atoms with Crippen LogP contribution >= 0.6 is 12.0 Å². The van der Waals surface area contributed by atoms with E-state index in [1.807, 2.05) is 31.2 Å². The zero-order valence-corrected chi connectivity index (χ0v) is 17.9. The van der Waals surface area contributed by atoms with Gasteiger partial charge >= 0.3 is 0 Å². The molecule has 1 amide bonds. The van der Waals surface area contributed by atoms with Crippen LogP contribution in [-0.4, -0.2) is 18.0 Å². The van der Waals surface area contributed by atoms with Crippen LogP contribution in [0.15, 0.2) is 70.1 Å². The zero-order chi connectivity index (χ0) is 22.5. The first kappa shape index (κ1) is 21.4. The Kier molecular flexibility index (Phi) is 6.37. The molecule has 0 saturated carbocycles. The van der Waals surface area contributed by atoms with Crippen LogP contribution in [0, 0.1) is 18.3 Å². The van der Waals surface area contributed by atoms with Crippen molar-refractivity contribution in [2.24, 2.45) is 0 Å². The number of furan rings is 1. The molecule has 0 atom stereocenters. The number of fused-ring (bicyclic) bond motifs is 1. The molecule has 0 spiro atoms. The number of nitrogens with zero attached hydrogens (tertiary/aromatic N) is 2. The number of amides is 1. The van der Waals surface area contributed by atoms with Crippen molar-refractivity contribution in [3.8, 4) is 17.6 Å². The summed E-state index contributed by atoms with van der Waals surface area (Å²) in [7, 11) is 1.43. The van der Waals surface area contributed by atoms with Crippen LogP contribution < -0.4 is 10.1 Å². The predicted octanol–water partition coefficient (Wildman–Crippen LogP) is 5.64. The highest BCUT2D eigenvalue weighted by atomic mass is 32.2. The summed E-state index contributed by atoms with van der Waals surface area (Å²) in [5, 5.41) is 12.3. The molecule has 4 rings (SSSR count). The second-order valence-electron chi connectivity index (χ2n) is 6.63. The number of nitriles is 1. The van der Waals surface area contributed by atoms with E-state index in [9.17, 15) is 4.79 Å². The fourth-order valence-electron chi connectivity index (χ4n) is 2.94. The molecule has 0 radical (unpaired) electrons. The third-order valence-electron chi connectivity index (χ3n) is 4.37. The molecule has 0 fully saturated rings. The third-order valence-corrected chi connectivity index (χ3v) is 5.04. The number of carbonyl (C=O) groups is 1. The largest absolute Gasteiger partial charge is 0.461 e. The molecule has 2 heterocycles. The Bertz CT molecular complexity index is 1290. The first-order valence-corrected chi connectivity index (χ1v) is 10.2. The van der Waals surface area contributed by atoms with E-state index >= 15 is 0 Å². The molecule has 2 aromatic heterocycles. The molecule has 1 N–H and O–H groups in total. The molecule has 0 bridgehead atoms. The number of carbonyl (C=O) groups excluding carboxylic acids is 1. The maximum absolute atomic E-state index is 12.8. The number of aryl methyl sites for hydroxylation is 1. The summed E-state index contributed by atoms with van der Waals surface area (Å²) < 4.78 is 16.6. The standard InChI is InChI=1S/C23H17N3O5S/c1-14-9-19-20(29-14)10-16(23(27)26-22-8-3-15(12-24)13-25-22)11-21(19)30-17-4-6-18(7-5-17)32-31-28-2/h3-11,13H,1-2H3,(H,25,26,27). The van der Waals surface area contributed by atoms with Gasteiger partial charge in [0.25, 0.3) is 5.91 Å². The van der Waals surface area contributed by atoms with Crippen molar-refractivity contribution in [3.05, 3.63) is 77.7 Å². The van der Waals surface area contributed by atoms with Crippen LogP contribution in [0.3, 0.4) is 0 Å². The minimum absolute atomic E-state index is 0.332. The molecule has 32 heavy (non-hydrogen) atoms. The second kappa shape index (κ2) is 9.53. The molecule has 8 nitrogen and oxygen atoms in total. The number of hydrogen-bond donors (Lipinski definition) is 1. The number of benzene rings is 2. The summed E-state index contributed by atoms with van der Waals surface area (Å²) >= 11 is 1.08. The highest BCUT2D eigenvalue weighted by Crippen LogP contribution is 2.34. The highest BCUT2D eigenvalue weighted by Gasteiger charge is 2.16. The van der Waals surface area contributed by atoms with Crippen molar-refractivity contribution >= 4 is 34.7 Å². The summed E-state index contributed by atoms with van der Waals surface area (Å²) in [5.74, 6) is 1.70. The molecule has 4 aromatic rings. The quantitative estimate of drug-likeness (QED) is 0.220.